The fourth-order valence-electron chi connectivity index (χ4n) is 1.39. The molecule has 1 aromatic heterocycles. The first-order chi connectivity index (χ1) is 9.24. The van der Waals surface area contributed by atoms with E-state index in [4.69, 9.17) is 0 Å². The van der Waals surface area contributed by atoms with Crippen LogP contribution in [-0.2, 0) is 22.6 Å². The number of halogens is 3. The van der Waals surface area contributed by atoms with E-state index in [1.165, 1.54) is 12.1 Å². The number of hydrogen-bond acceptors (Lipinski definition) is 3. The van der Waals surface area contributed by atoms with Gasteiger partial charge in [-0.3, -0.25) is 4.98 Å². The van der Waals surface area contributed by atoms with Crippen LogP contribution in [0.25, 0.3) is 0 Å². The Labute approximate surface area is 115 Å². The first-order valence-corrected chi connectivity index (χ1v) is 7.50. The molecule has 1 aromatic rings. The fourth-order valence-corrected chi connectivity index (χ4v) is 2.42. The third kappa shape index (κ3) is 5.70. The van der Waals surface area contributed by atoms with Crippen LogP contribution >= 0.6 is 0 Å². The standard InChI is InChI=1S/C12H15F3N2O2S/c1-2-3-8-20(18,19)17-7-6-11-5-4-10(9-16-11)12(13,14)15/h2,4-5,9,17H,1,3,6-8H2. The minimum absolute atomic E-state index is 0.0586. The number of allylic oxidation sites excluding steroid dienone is 1. The van der Waals surface area contributed by atoms with Gasteiger partial charge >= 0.3 is 6.18 Å². The summed E-state index contributed by atoms with van der Waals surface area (Å²) in [4.78, 5) is 3.66. The maximum atomic E-state index is 12.3. The van der Waals surface area contributed by atoms with Gasteiger partial charge in [0.15, 0.2) is 0 Å². The summed E-state index contributed by atoms with van der Waals surface area (Å²) in [6.07, 6.45) is -1.62. The predicted octanol–water partition coefficient (Wildman–Crippen LogP) is 2.14. The zero-order valence-corrected chi connectivity index (χ0v) is 11.5. The summed E-state index contributed by atoms with van der Waals surface area (Å²) in [6.45, 7) is 3.52. The molecule has 1 N–H and O–H groups in total. The molecular formula is C12H15F3N2O2S. The van der Waals surface area contributed by atoms with Crippen LogP contribution in [0.5, 0.6) is 0 Å². The van der Waals surface area contributed by atoms with E-state index in [2.05, 4.69) is 16.3 Å². The monoisotopic (exact) mass is 308 g/mol. The first kappa shape index (κ1) is 16.6. The van der Waals surface area contributed by atoms with Crippen LogP contribution in [0.2, 0.25) is 0 Å². The van der Waals surface area contributed by atoms with Crippen molar-refractivity contribution in [3.63, 3.8) is 0 Å². The van der Waals surface area contributed by atoms with Crippen molar-refractivity contribution in [3.05, 3.63) is 42.2 Å². The van der Waals surface area contributed by atoms with Gasteiger partial charge in [0, 0.05) is 24.9 Å². The second-order valence-corrected chi connectivity index (χ2v) is 6.00. The summed E-state index contributed by atoms with van der Waals surface area (Å²) in [7, 11) is -3.37. The largest absolute Gasteiger partial charge is 0.417 e. The van der Waals surface area contributed by atoms with Crippen molar-refractivity contribution < 1.29 is 21.6 Å². The Morgan fingerprint density at radius 3 is 2.55 bits per heavy atom. The molecule has 20 heavy (non-hydrogen) atoms. The highest BCUT2D eigenvalue weighted by Gasteiger charge is 2.30. The topological polar surface area (TPSA) is 59.1 Å². The van der Waals surface area contributed by atoms with Crippen LogP contribution in [0, 0.1) is 0 Å². The van der Waals surface area contributed by atoms with Crippen LogP contribution in [0.4, 0.5) is 13.2 Å². The van der Waals surface area contributed by atoms with Crippen LogP contribution in [0.15, 0.2) is 31.0 Å². The number of pyridine rings is 1. The summed E-state index contributed by atoms with van der Waals surface area (Å²) in [5, 5.41) is 0. The van der Waals surface area contributed by atoms with Crippen molar-refractivity contribution in [2.75, 3.05) is 12.3 Å². The smallest absolute Gasteiger partial charge is 0.261 e. The molecule has 0 saturated heterocycles. The van der Waals surface area contributed by atoms with Crippen molar-refractivity contribution in [2.24, 2.45) is 0 Å². The van der Waals surface area contributed by atoms with E-state index in [0.717, 1.165) is 12.3 Å². The molecule has 0 aliphatic rings. The number of alkyl halides is 3. The summed E-state index contributed by atoms with van der Waals surface area (Å²) in [5.74, 6) is -0.0586. The minimum Gasteiger partial charge on any atom is -0.261 e. The number of nitrogens with one attached hydrogen (secondary N) is 1. The van der Waals surface area contributed by atoms with Gasteiger partial charge in [-0.1, -0.05) is 6.08 Å². The van der Waals surface area contributed by atoms with Gasteiger partial charge in [-0.2, -0.15) is 13.2 Å². The lowest BCUT2D eigenvalue weighted by atomic mass is 10.2. The summed E-state index contributed by atoms with van der Waals surface area (Å²) >= 11 is 0. The molecule has 4 nitrogen and oxygen atoms in total. The SMILES string of the molecule is C=CCCS(=O)(=O)NCCc1ccc(C(F)(F)F)cn1. The molecule has 0 fully saturated rings. The minimum atomic E-state index is -4.42. The Morgan fingerprint density at radius 1 is 1.35 bits per heavy atom. The summed E-state index contributed by atoms with van der Waals surface area (Å²) in [6, 6.07) is 2.16. The average Bonchev–Trinajstić information content (AvgIpc) is 2.36. The highest BCUT2D eigenvalue weighted by Crippen LogP contribution is 2.28. The van der Waals surface area contributed by atoms with E-state index in [1.54, 1.807) is 0 Å². The predicted molar refractivity (Wildman–Crippen MR) is 69.5 cm³/mol. The number of hydrogen-bond donors (Lipinski definition) is 1. The molecule has 1 rings (SSSR count). The van der Waals surface area contributed by atoms with E-state index in [9.17, 15) is 21.6 Å². The molecule has 0 atom stereocenters. The molecule has 8 heteroatoms. The molecule has 1 heterocycles. The second kappa shape index (κ2) is 6.85. The molecular weight excluding hydrogens is 293 g/mol. The normalized spacial score (nSPS) is 12.3. The maximum absolute atomic E-state index is 12.3. The molecule has 0 aliphatic heterocycles. The third-order valence-corrected chi connectivity index (χ3v) is 3.86. The highest BCUT2D eigenvalue weighted by molar-refractivity contribution is 7.89. The van der Waals surface area contributed by atoms with Gasteiger partial charge in [0.25, 0.3) is 0 Å². The Hall–Kier alpha value is -1.41. The lowest BCUT2D eigenvalue weighted by Gasteiger charge is -2.07. The molecule has 0 spiro atoms. The van der Waals surface area contributed by atoms with Crippen molar-refractivity contribution in [2.45, 2.75) is 19.0 Å². The quantitative estimate of drug-likeness (QED) is 0.785. The van der Waals surface area contributed by atoms with Crippen molar-refractivity contribution in [1.29, 1.82) is 0 Å². The van der Waals surface area contributed by atoms with Gasteiger partial charge in [-0.25, -0.2) is 13.1 Å². The molecule has 0 unspecified atom stereocenters. The average molecular weight is 308 g/mol. The zero-order valence-electron chi connectivity index (χ0n) is 10.7. The fraction of sp³-hybridized carbons (Fsp3) is 0.417. The zero-order chi connectivity index (χ0) is 15.2. The van der Waals surface area contributed by atoms with Crippen molar-refractivity contribution in [3.8, 4) is 0 Å². The van der Waals surface area contributed by atoms with Gasteiger partial charge in [0.05, 0.1) is 11.3 Å². The van der Waals surface area contributed by atoms with Crippen molar-refractivity contribution in [1.82, 2.24) is 9.71 Å². The van der Waals surface area contributed by atoms with E-state index in [1.807, 2.05) is 0 Å². The van der Waals surface area contributed by atoms with Gasteiger partial charge in [-0.15, -0.1) is 6.58 Å². The lowest BCUT2D eigenvalue weighted by molar-refractivity contribution is -0.137. The third-order valence-electron chi connectivity index (χ3n) is 2.45. The van der Waals surface area contributed by atoms with Crippen LogP contribution in [0.1, 0.15) is 17.7 Å². The highest BCUT2D eigenvalue weighted by atomic mass is 32.2. The Morgan fingerprint density at radius 2 is 2.05 bits per heavy atom. The van der Waals surface area contributed by atoms with Gasteiger partial charge in [0.1, 0.15) is 0 Å². The summed E-state index contributed by atoms with van der Waals surface area (Å²) < 4.78 is 62.1. The Balaban J connectivity index is 2.49. The van der Waals surface area contributed by atoms with E-state index in [-0.39, 0.29) is 18.7 Å². The van der Waals surface area contributed by atoms with Gasteiger partial charge < -0.3 is 0 Å². The first-order valence-electron chi connectivity index (χ1n) is 5.85. The number of nitrogens with zero attached hydrogens (tertiary/aromatic N) is 1. The molecule has 0 amide bonds. The maximum Gasteiger partial charge on any atom is 0.417 e. The van der Waals surface area contributed by atoms with E-state index >= 15 is 0 Å². The second-order valence-electron chi connectivity index (χ2n) is 4.08. The van der Waals surface area contributed by atoms with Crippen LogP contribution in [0.3, 0.4) is 0 Å². The number of aromatic nitrogens is 1. The van der Waals surface area contributed by atoms with Crippen molar-refractivity contribution >= 4 is 10.0 Å². The summed E-state index contributed by atoms with van der Waals surface area (Å²) in [5.41, 5.74) is -0.433. The van der Waals surface area contributed by atoms with E-state index < -0.39 is 21.8 Å². The number of rotatable bonds is 7. The lowest BCUT2D eigenvalue weighted by Crippen LogP contribution is -2.28. The van der Waals surface area contributed by atoms with E-state index in [0.29, 0.717) is 12.1 Å². The van der Waals surface area contributed by atoms with Crippen LogP contribution < -0.4 is 4.72 Å². The molecule has 0 bridgehead atoms. The molecule has 0 saturated carbocycles. The van der Waals surface area contributed by atoms with Crippen LogP contribution in [-0.4, -0.2) is 25.7 Å². The number of sulfonamides is 1. The van der Waals surface area contributed by atoms with Gasteiger partial charge in [-0.05, 0) is 18.6 Å². The van der Waals surface area contributed by atoms with Gasteiger partial charge in [0.2, 0.25) is 10.0 Å². The Kier molecular flexibility index (Phi) is 5.70. The Bertz CT molecular complexity index is 539. The molecule has 112 valence electrons. The molecule has 0 aliphatic carbocycles. The molecule has 0 radical (unpaired) electrons. The molecule has 0 aromatic carbocycles.